The molecule has 7 heteroatoms. The van der Waals surface area contributed by atoms with Crippen molar-refractivity contribution in [2.24, 2.45) is 9.81 Å². The van der Waals surface area contributed by atoms with Gasteiger partial charge in [0.15, 0.2) is 0 Å². The fourth-order valence-electron chi connectivity index (χ4n) is 4.09. The number of likely N-dealkylation sites (tertiary alicyclic amines) is 1. The monoisotopic (exact) mass is 434 g/mol. The predicted octanol–water partition coefficient (Wildman–Crippen LogP) is 4.52. The maximum absolute atomic E-state index is 12.9. The lowest BCUT2D eigenvalue weighted by Gasteiger charge is -2.40. The van der Waals surface area contributed by atoms with E-state index in [9.17, 15) is 9.00 Å². The molecule has 2 aliphatic rings. The second-order valence-corrected chi connectivity index (χ2v) is 12.1. The summed E-state index contributed by atoms with van der Waals surface area (Å²) in [5.41, 5.74) is 2.29. The largest absolute Gasteiger partial charge is 0.496 e. The topological polar surface area (TPSA) is 68.2 Å². The van der Waals surface area contributed by atoms with Crippen LogP contribution in [-0.4, -0.2) is 51.5 Å². The standard InChI is InChI=1S/C23H34N2O4S/c1-21(2,3)29-20(26)25-13-11-23(12-14-25)15-17-16(9-8-10-18(17)28-7)19(23)24-30(27)22(4,5)6/h8-10H,11-15H2,1-7H3/b24-19+/t30-/m1/s1. The molecule has 0 aromatic heterocycles. The Morgan fingerprint density at radius 1 is 1.13 bits per heavy atom. The van der Waals surface area contributed by atoms with Gasteiger partial charge in [-0.2, -0.15) is 4.40 Å². The molecular formula is C23H34N2O4S. The molecule has 0 radical (unpaired) electrons. The number of methoxy groups -OCH3 is 1. The average Bonchev–Trinajstić information content (AvgIpc) is 2.93. The minimum Gasteiger partial charge on any atom is -0.496 e. The quantitative estimate of drug-likeness (QED) is 0.686. The van der Waals surface area contributed by atoms with E-state index in [1.807, 2.05) is 59.7 Å². The molecule has 6 nitrogen and oxygen atoms in total. The first-order valence-corrected chi connectivity index (χ1v) is 11.6. The van der Waals surface area contributed by atoms with Gasteiger partial charge in [-0.05, 0) is 66.9 Å². The molecule has 3 rings (SSSR count). The van der Waals surface area contributed by atoms with Crippen molar-refractivity contribution in [2.75, 3.05) is 20.2 Å². The maximum atomic E-state index is 12.9. The molecule has 0 N–H and O–H groups in total. The van der Waals surface area contributed by atoms with Crippen molar-refractivity contribution in [3.8, 4) is 5.75 Å². The summed E-state index contributed by atoms with van der Waals surface area (Å²) in [7, 11) is 0.317. The van der Waals surface area contributed by atoms with E-state index >= 15 is 0 Å². The molecule has 1 aliphatic heterocycles. The van der Waals surface area contributed by atoms with Crippen LogP contribution in [-0.2, 0) is 22.1 Å². The maximum Gasteiger partial charge on any atom is 0.410 e. The van der Waals surface area contributed by atoms with Crippen molar-refractivity contribution < 1.29 is 18.5 Å². The molecule has 1 aliphatic carbocycles. The van der Waals surface area contributed by atoms with Gasteiger partial charge < -0.3 is 14.4 Å². The van der Waals surface area contributed by atoms with Gasteiger partial charge in [0.2, 0.25) is 0 Å². The number of ether oxygens (including phenoxy) is 2. The first-order chi connectivity index (χ1) is 13.9. The number of carbonyl (C=O) groups excluding carboxylic acids is 1. The molecule has 1 saturated heterocycles. The lowest BCUT2D eigenvalue weighted by atomic mass is 9.74. The van der Waals surface area contributed by atoms with Crippen molar-refractivity contribution >= 4 is 22.8 Å². The van der Waals surface area contributed by atoms with Crippen molar-refractivity contribution in [1.29, 1.82) is 0 Å². The number of hydrogen-bond acceptors (Lipinski definition) is 4. The highest BCUT2D eigenvalue weighted by atomic mass is 32.2. The number of benzene rings is 1. The van der Waals surface area contributed by atoms with E-state index in [1.54, 1.807) is 12.0 Å². The fourth-order valence-corrected chi connectivity index (χ4v) is 4.82. The zero-order valence-electron chi connectivity index (χ0n) is 19.2. The third-order valence-corrected chi connectivity index (χ3v) is 7.09. The fraction of sp³-hybridized carbons (Fsp3) is 0.652. The van der Waals surface area contributed by atoms with Crippen LogP contribution in [0.25, 0.3) is 0 Å². The molecule has 1 amide bonds. The predicted molar refractivity (Wildman–Crippen MR) is 121 cm³/mol. The van der Waals surface area contributed by atoms with Crippen LogP contribution in [0.4, 0.5) is 4.79 Å². The number of fused-ring (bicyclic) bond motifs is 1. The third-order valence-electron chi connectivity index (χ3n) is 5.70. The van der Waals surface area contributed by atoms with Gasteiger partial charge in [-0.1, -0.05) is 12.1 Å². The lowest BCUT2D eigenvalue weighted by Crippen LogP contribution is -2.47. The Morgan fingerprint density at radius 3 is 2.30 bits per heavy atom. The van der Waals surface area contributed by atoms with E-state index in [0.717, 1.165) is 41.9 Å². The van der Waals surface area contributed by atoms with Gasteiger partial charge in [0.05, 0.1) is 17.6 Å². The summed E-state index contributed by atoms with van der Waals surface area (Å²) in [6.45, 7) is 12.6. The van der Waals surface area contributed by atoms with Crippen LogP contribution in [0.5, 0.6) is 5.75 Å². The normalized spacial score (nSPS) is 20.9. The Kier molecular flexibility index (Phi) is 6.07. The average molecular weight is 435 g/mol. The van der Waals surface area contributed by atoms with Crippen molar-refractivity contribution in [3.63, 3.8) is 0 Å². The van der Waals surface area contributed by atoms with E-state index < -0.39 is 21.3 Å². The van der Waals surface area contributed by atoms with Gasteiger partial charge in [-0.15, -0.1) is 0 Å². The SMILES string of the molecule is COc1cccc2c1CC1(CCN(C(=O)OC(C)(C)C)CC1)/C2=N/[S@](=O)C(C)(C)C. The van der Waals surface area contributed by atoms with Gasteiger partial charge >= 0.3 is 6.09 Å². The Hall–Kier alpha value is -1.89. The highest BCUT2D eigenvalue weighted by Crippen LogP contribution is 2.48. The number of piperidine rings is 1. The third kappa shape index (κ3) is 4.56. The molecule has 1 heterocycles. The molecule has 1 atom stereocenters. The van der Waals surface area contributed by atoms with Crippen molar-refractivity contribution in [2.45, 2.75) is 71.2 Å². The zero-order valence-corrected chi connectivity index (χ0v) is 20.0. The minimum absolute atomic E-state index is 0.240. The van der Waals surface area contributed by atoms with Crippen LogP contribution in [0.3, 0.4) is 0 Å². The first-order valence-electron chi connectivity index (χ1n) is 10.5. The van der Waals surface area contributed by atoms with Gasteiger partial charge in [0, 0.05) is 29.6 Å². The highest BCUT2D eigenvalue weighted by molar-refractivity contribution is 7.85. The van der Waals surface area contributed by atoms with Crippen LogP contribution < -0.4 is 4.74 Å². The molecular weight excluding hydrogens is 400 g/mol. The molecule has 1 aromatic rings. The second kappa shape index (κ2) is 7.98. The van der Waals surface area contributed by atoms with Gasteiger partial charge in [0.25, 0.3) is 0 Å². The van der Waals surface area contributed by atoms with E-state index in [2.05, 4.69) is 0 Å². The van der Waals surface area contributed by atoms with Crippen LogP contribution >= 0.6 is 0 Å². The number of rotatable bonds is 2. The molecule has 1 spiro atoms. The van der Waals surface area contributed by atoms with E-state index in [0.29, 0.717) is 13.1 Å². The summed E-state index contributed by atoms with van der Waals surface area (Å²) in [4.78, 5) is 14.3. The highest BCUT2D eigenvalue weighted by Gasteiger charge is 2.48. The Labute approximate surface area is 182 Å². The van der Waals surface area contributed by atoms with Crippen LogP contribution in [0.15, 0.2) is 22.6 Å². The molecule has 166 valence electrons. The first kappa shape index (κ1) is 22.8. The van der Waals surface area contributed by atoms with Crippen LogP contribution in [0.2, 0.25) is 0 Å². The van der Waals surface area contributed by atoms with E-state index in [4.69, 9.17) is 13.9 Å². The molecule has 0 unspecified atom stereocenters. The van der Waals surface area contributed by atoms with Crippen molar-refractivity contribution in [3.05, 3.63) is 29.3 Å². The van der Waals surface area contributed by atoms with E-state index in [-0.39, 0.29) is 11.5 Å². The number of carbonyl (C=O) groups is 1. The minimum atomic E-state index is -1.36. The summed E-state index contributed by atoms with van der Waals surface area (Å²) >= 11 is 0. The summed E-state index contributed by atoms with van der Waals surface area (Å²) < 4.78 is 28.4. The summed E-state index contributed by atoms with van der Waals surface area (Å²) in [6, 6.07) is 5.97. The van der Waals surface area contributed by atoms with Crippen LogP contribution in [0.1, 0.15) is 65.5 Å². The lowest BCUT2D eigenvalue weighted by molar-refractivity contribution is 0.0159. The Balaban J connectivity index is 1.93. The van der Waals surface area contributed by atoms with Gasteiger partial charge in [-0.3, -0.25) is 0 Å². The van der Waals surface area contributed by atoms with Gasteiger partial charge in [-0.25, -0.2) is 9.00 Å². The zero-order chi connectivity index (χ0) is 22.3. The number of nitrogens with zero attached hydrogens (tertiary/aromatic N) is 2. The molecule has 1 aromatic carbocycles. The van der Waals surface area contributed by atoms with Gasteiger partial charge in [0.1, 0.15) is 22.3 Å². The Morgan fingerprint density at radius 2 is 1.77 bits per heavy atom. The smallest absolute Gasteiger partial charge is 0.410 e. The Bertz CT molecular complexity index is 872. The molecule has 0 saturated carbocycles. The summed E-state index contributed by atoms with van der Waals surface area (Å²) in [6.07, 6.45) is 2.02. The van der Waals surface area contributed by atoms with Crippen molar-refractivity contribution in [1.82, 2.24) is 4.90 Å². The second-order valence-electron chi connectivity index (χ2n) is 10.2. The number of hydrogen-bond donors (Lipinski definition) is 0. The molecule has 30 heavy (non-hydrogen) atoms. The molecule has 0 bridgehead atoms. The summed E-state index contributed by atoms with van der Waals surface area (Å²) in [5, 5.41) is 0. The van der Waals surface area contributed by atoms with Crippen LogP contribution in [0, 0.1) is 5.41 Å². The molecule has 1 fully saturated rings. The van der Waals surface area contributed by atoms with E-state index in [1.165, 1.54) is 0 Å². The summed E-state index contributed by atoms with van der Waals surface area (Å²) in [5.74, 6) is 0.841. The number of amides is 1.